The van der Waals surface area contributed by atoms with Crippen molar-refractivity contribution in [2.45, 2.75) is 45.1 Å². The van der Waals surface area contributed by atoms with Gasteiger partial charge in [-0.2, -0.15) is 0 Å². The fourth-order valence-electron chi connectivity index (χ4n) is 2.26. The van der Waals surface area contributed by atoms with Crippen LogP contribution in [0.2, 0.25) is 0 Å². The van der Waals surface area contributed by atoms with Gasteiger partial charge in [-0.05, 0) is 43.7 Å². The van der Waals surface area contributed by atoms with E-state index in [1.807, 2.05) is 13.0 Å². The number of carbonyl (C=O) groups is 1. The van der Waals surface area contributed by atoms with Crippen LogP contribution in [0.1, 0.15) is 38.7 Å². The molecule has 0 aliphatic carbocycles. The third-order valence-corrected chi connectivity index (χ3v) is 3.36. The molecule has 0 radical (unpaired) electrons. The fourth-order valence-corrected chi connectivity index (χ4v) is 2.26. The lowest BCUT2D eigenvalue weighted by atomic mass is 9.87. The first kappa shape index (κ1) is 15.6. The first-order valence-corrected chi connectivity index (χ1v) is 6.58. The summed E-state index contributed by atoms with van der Waals surface area (Å²) >= 11 is 0. The highest BCUT2D eigenvalue weighted by Crippen LogP contribution is 2.20. The predicted octanol–water partition coefficient (Wildman–Crippen LogP) is 2.98. The quantitative estimate of drug-likeness (QED) is 0.798. The normalized spacial score (nSPS) is 15.8. The molecule has 1 rings (SSSR count). The lowest BCUT2D eigenvalue weighted by molar-refractivity contribution is -0.143. The van der Waals surface area contributed by atoms with E-state index in [0.717, 1.165) is 12.8 Å². The first-order valence-electron chi connectivity index (χ1n) is 6.58. The zero-order valence-electron chi connectivity index (χ0n) is 11.5. The molecule has 0 spiro atoms. The minimum absolute atomic E-state index is 0.177. The van der Waals surface area contributed by atoms with E-state index in [0.29, 0.717) is 18.4 Å². The van der Waals surface area contributed by atoms with Crippen LogP contribution in [-0.4, -0.2) is 16.6 Å². The van der Waals surface area contributed by atoms with Crippen LogP contribution in [0, 0.1) is 11.7 Å². The van der Waals surface area contributed by atoms with Gasteiger partial charge in [-0.3, -0.25) is 4.79 Å². The molecular formula is C15H22FNO2. The van der Waals surface area contributed by atoms with Gasteiger partial charge in [-0.15, -0.1) is 0 Å². The van der Waals surface area contributed by atoms with Crippen molar-refractivity contribution < 1.29 is 14.3 Å². The molecule has 0 aliphatic rings. The van der Waals surface area contributed by atoms with Crippen molar-refractivity contribution in [1.82, 2.24) is 0 Å². The van der Waals surface area contributed by atoms with Crippen molar-refractivity contribution in [2.24, 2.45) is 11.7 Å². The Labute approximate surface area is 113 Å². The first-order chi connectivity index (χ1) is 8.83. The molecule has 3 N–H and O–H groups in total. The van der Waals surface area contributed by atoms with Crippen molar-refractivity contribution in [3.63, 3.8) is 0 Å². The summed E-state index contributed by atoms with van der Waals surface area (Å²) in [5.74, 6) is -0.948. The molecular weight excluding hydrogens is 245 g/mol. The standard InChI is InChI=1S/C15H22FNO2/c1-11(10-15(2,17)14(18)19)6-5-8-12-7-3-4-9-13(12)16/h3-4,7,9,11H,5-6,8,10,17H2,1-2H3,(H,18,19)/t11-,15-/m1/s1. The predicted molar refractivity (Wildman–Crippen MR) is 73.3 cm³/mol. The van der Waals surface area contributed by atoms with E-state index >= 15 is 0 Å². The topological polar surface area (TPSA) is 63.3 Å². The van der Waals surface area contributed by atoms with E-state index in [-0.39, 0.29) is 11.7 Å². The molecule has 0 unspecified atom stereocenters. The molecule has 19 heavy (non-hydrogen) atoms. The number of nitrogens with two attached hydrogens (primary N) is 1. The average Bonchev–Trinajstić information content (AvgIpc) is 2.30. The van der Waals surface area contributed by atoms with Crippen LogP contribution in [0.4, 0.5) is 4.39 Å². The summed E-state index contributed by atoms with van der Waals surface area (Å²) in [4.78, 5) is 10.9. The lowest BCUT2D eigenvalue weighted by Crippen LogP contribution is -2.46. The minimum Gasteiger partial charge on any atom is -0.480 e. The Hall–Kier alpha value is -1.42. The third kappa shape index (κ3) is 4.99. The Morgan fingerprint density at radius 2 is 2.11 bits per heavy atom. The molecule has 2 atom stereocenters. The van der Waals surface area contributed by atoms with Gasteiger partial charge in [0.25, 0.3) is 0 Å². The number of carboxylic acid groups (broad SMARTS) is 1. The van der Waals surface area contributed by atoms with Crippen LogP contribution in [0.15, 0.2) is 24.3 Å². The summed E-state index contributed by atoms with van der Waals surface area (Å²) in [5.41, 5.74) is 5.24. The highest BCUT2D eigenvalue weighted by molar-refractivity contribution is 5.77. The fraction of sp³-hybridized carbons (Fsp3) is 0.533. The molecule has 0 aliphatic heterocycles. The second kappa shape index (κ2) is 6.66. The molecule has 4 heteroatoms. The van der Waals surface area contributed by atoms with Gasteiger partial charge in [0.1, 0.15) is 11.4 Å². The Morgan fingerprint density at radius 3 is 2.68 bits per heavy atom. The van der Waals surface area contributed by atoms with E-state index in [4.69, 9.17) is 10.8 Å². The highest BCUT2D eigenvalue weighted by atomic mass is 19.1. The van der Waals surface area contributed by atoms with Gasteiger partial charge in [-0.1, -0.05) is 31.5 Å². The molecule has 0 fully saturated rings. The van der Waals surface area contributed by atoms with Crippen molar-refractivity contribution >= 4 is 5.97 Å². The molecule has 106 valence electrons. The van der Waals surface area contributed by atoms with Crippen molar-refractivity contribution in [3.05, 3.63) is 35.6 Å². The van der Waals surface area contributed by atoms with Crippen molar-refractivity contribution in [2.75, 3.05) is 0 Å². The van der Waals surface area contributed by atoms with E-state index in [1.165, 1.54) is 13.0 Å². The lowest BCUT2D eigenvalue weighted by Gasteiger charge is -2.23. The number of hydrogen-bond donors (Lipinski definition) is 2. The summed E-state index contributed by atoms with van der Waals surface area (Å²) in [6.07, 6.45) is 2.77. The summed E-state index contributed by atoms with van der Waals surface area (Å²) in [6.45, 7) is 3.51. The molecule has 0 aromatic heterocycles. The van der Waals surface area contributed by atoms with Gasteiger partial charge >= 0.3 is 5.97 Å². The van der Waals surface area contributed by atoms with Crippen LogP contribution in [-0.2, 0) is 11.2 Å². The largest absolute Gasteiger partial charge is 0.480 e. The van der Waals surface area contributed by atoms with Gasteiger partial charge in [0.05, 0.1) is 0 Å². The maximum atomic E-state index is 13.4. The zero-order chi connectivity index (χ0) is 14.5. The molecule has 0 amide bonds. The molecule has 0 bridgehead atoms. The van der Waals surface area contributed by atoms with Gasteiger partial charge in [0.2, 0.25) is 0 Å². The molecule has 0 saturated carbocycles. The Bertz CT molecular complexity index is 432. The second-order valence-corrected chi connectivity index (χ2v) is 5.52. The number of benzene rings is 1. The van der Waals surface area contributed by atoms with Crippen LogP contribution in [0.25, 0.3) is 0 Å². The van der Waals surface area contributed by atoms with E-state index in [1.54, 1.807) is 12.1 Å². The summed E-state index contributed by atoms with van der Waals surface area (Å²) in [7, 11) is 0. The van der Waals surface area contributed by atoms with Gasteiger partial charge in [0.15, 0.2) is 0 Å². The molecule has 0 saturated heterocycles. The maximum Gasteiger partial charge on any atom is 0.323 e. The number of rotatable bonds is 7. The van der Waals surface area contributed by atoms with Gasteiger partial charge in [-0.25, -0.2) is 4.39 Å². The van der Waals surface area contributed by atoms with E-state index in [2.05, 4.69) is 0 Å². The molecule has 1 aromatic carbocycles. The third-order valence-electron chi connectivity index (χ3n) is 3.36. The van der Waals surface area contributed by atoms with Crippen LogP contribution >= 0.6 is 0 Å². The van der Waals surface area contributed by atoms with Crippen LogP contribution < -0.4 is 5.73 Å². The Balaban J connectivity index is 2.38. The van der Waals surface area contributed by atoms with Crippen molar-refractivity contribution in [1.29, 1.82) is 0 Å². The van der Waals surface area contributed by atoms with Gasteiger partial charge in [0, 0.05) is 0 Å². The minimum atomic E-state index is -1.18. The smallest absolute Gasteiger partial charge is 0.323 e. The molecule has 3 nitrogen and oxygen atoms in total. The average molecular weight is 267 g/mol. The number of aliphatic carboxylic acids is 1. The Kier molecular flexibility index (Phi) is 5.48. The van der Waals surface area contributed by atoms with E-state index in [9.17, 15) is 9.18 Å². The Morgan fingerprint density at radius 1 is 1.47 bits per heavy atom. The molecule has 1 aromatic rings. The van der Waals surface area contributed by atoms with Gasteiger partial charge < -0.3 is 10.8 Å². The van der Waals surface area contributed by atoms with E-state index < -0.39 is 11.5 Å². The second-order valence-electron chi connectivity index (χ2n) is 5.52. The van der Waals surface area contributed by atoms with Crippen molar-refractivity contribution in [3.8, 4) is 0 Å². The maximum absolute atomic E-state index is 13.4. The van der Waals surface area contributed by atoms with Crippen LogP contribution in [0.5, 0.6) is 0 Å². The monoisotopic (exact) mass is 267 g/mol. The summed E-state index contributed by atoms with van der Waals surface area (Å²) in [5, 5.41) is 8.96. The number of carboxylic acids is 1. The zero-order valence-corrected chi connectivity index (χ0v) is 11.5. The van der Waals surface area contributed by atoms with Crippen LogP contribution in [0.3, 0.4) is 0 Å². The molecule has 0 heterocycles. The SMILES string of the molecule is C[C@H](CCCc1ccccc1F)C[C@@](C)(N)C(=O)O. The summed E-state index contributed by atoms with van der Waals surface area (Å²) in [6, 6.07) is 6.74. The summed E-state index contributed by atoms with van der Waals surface area (Å²) < 4.78 is 13.4. The number of halogens is 1. The number of hydrogen-bond acceptors (Lipinski definition) is 2. The highest BCUT2D eigenvalue weighted by Gasteiger charge is 2.29. The number of aryl methyl sites for hydroxylation is 1.